The van der Waals surface area contributed by atoms with Crippen LogP contribution in [0.25, 0.3) is 0 Å². The van der Waals surface area contributed by atoms with Gasteiger partial charge in [0.2, 0.25) is 5.91 Å². The molecule has 6 nitrogen and oxygen atoms in total. The lowest BCUT2D eigenvalue weighted by Crippen LogP contribution is -2.28. The Morgan fingerprint density at radius 1 is 1.04 bits per heavy atom. The zero-order valence-electron chi connectivity index (χ0n) is 15.3. The zero-order chi connectivity index (χ0) is 18.5. The van der Waals surface area contributed by atoms with Gasteiger partial charge in [-0.25, -0.2) is 0 Å². The Hall–Kier alpha value is -2.89. The molecule has 138 valence electrons. The van der Waals surface area contributed by atoms with Gasteiger partial charge in [-0.05, 0) is 29.8 Å². The molecule has 2 aromatic carbocycles. The number of benzene rings is 2. The molecule has 1 aliphatic heterocycles. The maximum absolute atomic E-state index is 12.6. The predicted molar refractivity (Wildman–Crippen MR) is 97.2 cm³/mol. The minimum absolute atomic E-state index is 0.0135. The maximum atomic E-state index is 12.6. The standard InChI is InChI=1S/C20H23NO5/c1-21(13-15-5-6-16(23-2)12-18(15)24-3)20(22)11-14-4-7-17-19(10-14)26-9-8-25-17/h4-7,10,12H,8-9,11,13H2,1-3H3. The van der Waals surface area contributed by atoms with E-state index in [-0.39, 0.29) is 5.91 Å². The van der Waals surface area contributed by atoms with Gasteiger partial charge in [0.05, 0.1) is 20.6 Å². The van der Waals surface area contributed by atoms with Crippen molar-refractivity contribution in [1.29, 1.82) is 0 Å². The Balaban J connectivity index is 1.66. The molecular formula is C20H23NO5. The summed E-state index contributed by atoms with van der Waals surface area (Å²) in [7, 11) is 5.00. The van der Waals surface area contributed by atoms with Crippen LogP contribution in [0.15, 0.2) is 36.4 Å². The second kappa shape index (κ2) is 7.99. The Kier molecular flexibility index (Phi) is 5.51. The highest BCUT2D eigenvalue weighted by Crippen LogP contribution is 2.31. The molecule has 0 spiro atoms. The molecule has 6 heteroatoms. The van der Waals surface area contributed by atoms with Crippen LogP contribution in [-0.2, 0) is 17.8 Å². The van der Waals surface area contributed by atoms with Crippen LogP contribution in [0, 0.1) is 0 Å². The van der Waals surface area contributed by atoms with E-state index in [0.29, 0.717) is 37.7 Å². The van der Waals surface area contributed by atoms with Gasteiger partial charge in [0.15, 0.2) is 11.5 Å². The third-order valence-electron chi connectivity index (χ3n) is 4.29. The van der Waals surface area contributed by atoms with Gasteiger partial charge in [-0.1, -0.05) is 6.07 Å². The number of carbonyl (C=O) groups excluding carboxylic acids is 1. The van der Waals surface area contributed by atoms with Gasteiger partial charge in [-0.15, -0.1) is 0 Å². The number of rotatable bonds is 6. The summed E-state index contributed by atoms with van der Waals surface area (Å²) in [6, 6.07) is 11.2. The van der Waals surface area contributed by atoms with Crippen molar-refractivity contribution in [3.8, 4) is 23.0 Å². The van der Waals surface area contributed by atoms with E-state index in [4.69, 9.17) is 18.9 Å². The third-order valence-corrected chi connectivity index (χ3v) is 4.29. The van der Waals surface area contributed by atoms with Crippen molar-refractivity contribution >= 4 is 5.91 Å². The van der Waals surface area contributed by atoms with Crippen molar-refractivity contribution in [2.45, 2.75) is 13.0 Å². The number of fused-ring (bicyclic) bond motifs is 1. The first-order valence-electron chi connectivity index (χ1n) is 8.44. The zero-order valence-corrected chi connectivity index (χ0v) is 15.3. The lowest BCUT2D eigenvalue weighted by atomic mass is 10.1. The highest BCUT2D eigenvalue weighted by atomic mass is 16.6. The fourth-order valence-corrected chi connectivity index (χ4v) is 2.83. The molecular weight excluding hydrogens is 334 g/mol. The molecule has 0 fully saturated rings. The molecule has 0 saturated heterocycles. The molecule has 0 bridgehead atoms. The lowest BCUT2D eigenvalue weighted by Gasteiger charge is -2.21. The van der Waals surface area contributed by atoms with Crippen molar-refractivity contribution in [3.63, 3.8) is 0 Å². The minimum Gasteiger partial charge on any atom is -0.497 e. The van der Waals surface area contributed by atoms with E-state index in [1.165, 1.54) is 0 Å². The second-order valence-corrected chi connectivity index (χ2v) is 6.08. The lowest BCUT2D eigenvalue weighted by molar-refractivity contribution is -0.129. The summed E-state index contributed by atoms with van der Waals surface area (Å²) in [5.41, 5.74) is 1.82. The second-order valence-electron chi connectivity index (χ2n) is 6.08. The van der Waals surface area contributed by atoms with Crippen LogP contribution in [0.2, 0.25) is 0 Å². The molecule has 0 aliphatic carbocycles. The summed E-state index contributed by atoms with van der Waals surface area (Å²) in [5.74, 6) is 2.85. The number of hydrogen-bond donors (Lipinski definition) is 0. The number of methoxy groups -OCH3 is 2. The van der Waals surface area contributed by atoms with Crippen LogP contribution in [0.1, 0.15) is 11.1 Å². The van der Waals surface area contributed by atoms with Crippen LogP contribution in [0.5, 0.6) is 23.0 Å². The summed E-state index contributed by atoms with van der Waals surface area (Å²) >= 11 is 0. The topological polar surface area (TPSA) is 57.2 Å². The van der Waals surface area contributed by atoms with Gasteiger partial charge in [-0.2, -0.15) is 0 Å². The highest BCUT2D eigenvalue weighted by molar-refractivity contribution is 5.78. The number of likely N-dealkylation sites (N-methyl/N-ethyl adjacent to an activating group) is 1. The Morgan fingerprint density at radius 2 is 1.81 bits per heavy atom. The SMILES string of the molecule is COc1ccc(CN(C)C(=O)Cc2ccc3c(c2)OCCO3)c(OC)c1. The summed E-state index contributed by atoms with van der Waals surface area (Å²) < 4.78 is 21.7. The molecule has 1 amide bonds. The van der Waals surface area contributed by atoms with Gasteiger partial charge in [0.1, 0.15) is 24.7 Å². The van der Waals surface area contributed by atoms with Crippen molar-refractivity contribution < 1.29 is 23.7 Å². The summed E-state index contributed by atoms with van der Waals surface area (Å²) in [5, 5.41) is 0. The van der Waals surface area contributed by atoms with E-state index >= 15 is 0 Å². The Morgan fingerprint density at radius 3 is 2.54 bits per heavy atom. The smallest absolute Gasteiger partial charge is 0.227 e. The Bertz CT molecular complexity index is 790. The van der Waals surface area contributed by atoms with Crippen LogP contribution in [-0.4, -0.2) is 45.3 Å². The first-order valence-corrected chi connectivity index (χ1v) is 8.44. The van der Waals surface area contributed by atoms with Gasteiger partial charge >= 0.3 is 0 Å². The molecule has 0 aromatic heterocycles. The number of hydrogen-bond acceptors (Lipinski definition) is 5. The number of amides is 1. The molecule has 3 rings (SSSR count). The van der Waals surface area contributed by atoms with Crippen molar-refractivity contribution in [1.82, 2.24) is 4.90 Å². The molecule has 1 heterocycles. The van der Waals surface area contributed by atoms with Crippen LogP contribution in [0.3, 0.4) is 0 Å². The molecule has 0 N–H and O–H groups in total. The van der Waals surface area contributed by atoms with E-state index in [0.717, 1.165) is 22.6 Å². The summed E-state index contributed by atoms with van der Waals surface area (Å²) in [6.45, 7) is 1.54. The number of carbonyl (C=O) groups is 1. The molecule has 26 heavy (non-hydrogen) atoms. The quantitative estimate of drug-likeness (QED) is 0.796. The van der Waals surface area contributed by atoms with E-state index in [1.807, 2.05) is 36.4 Å². The highest BCUT2D eigenvalue weighted by Gasteiger charge is 2.16. The average Bonchev–Trinajstić information content (AvgIpc) is 2.68. The van der Waals surface area contributed by atoms with Crippen molar-refractivity contribution in [2.75, 3.05) is 34.5 Å². The van der Waals surface area contributed by atoms with Crippen LogP contribution < -0.4 is 18.9 Å². The summed E-state index contributed by atoms with van der Waals surface area (Å²) in [6.07, 6.45) is 0.297. The molecule has 0 radical (unpaired) electrons. The first-order chi connectivity index (χ1) is 12.6. The first kappa shape index (κ1) is 17.9. The van der Waals surface area contributed by atoms with Crippen LogP contribution in [0.4, 0.5) is 0 Å². The number of ether oxygens (including phenoxy) is 4. The molecule has 1 aliphatic rings. The Labute approximate surface area is 153 Å². The van der Waals surface area contributed by atoms with Gasteiger partial charge in [-0.3, -0.25) is 4.79 Å². The van der Waals surface area contributed by atoms with Gasteiger partial charge in [0, 0.05) is 25.2 Å². The molecule has 2 aromatic rings. The molecule has 0 saturated carbocycles. The van der Waals surface area contributed by atoms with Crippen molar-refractivity contribution in [3.05, 3.63) is 47.5 Å². The van der Waals surface area contributed by atoms with E-state index < -0.39 is 0 Å². The fraction of sp³-hybridized carbons (Fsp3) is 0.350. The van der Waals surface area contributed by atoms with E-state index in [1.54, 1.807) is 26.2 Å². The third kappa shape index (κ3) is 4.02. The largest absolute Gasteiger partial charge is 0.497 e. The van der Waals surface area contributed by atoms with Crippen LogP contribution >= 0.6 is 0 Å². The van der Waals surface area contributed by atoms with E-state index in [2.05, 4.69) is 0 Å². The average molecular weight is 357 g/mol. The molecule has 0 atom stereocenters. The maximum Gasteiger partial charge on any atom is 0.227 e. The molecule has 0 unspecified atom stereocenters. The number of nitrogens with zero attached hydrogens (tertiary/aromatic N) is 1. The fourth-order valence-electron chi connectivity index (χ4n) is 2.83. The van der Waals surface area contributed by atoms with E-state index in [9.17, 15) is 4.79 Å². The van der Waals surface area contributed by atoms with Gasteiger partial charge in [0.25, 0.3) is 0 Å². The minimum atomic E-state index is 0.0135. The van der Waals surface area contributed by atoms with Gasteiger partial charge < -0.3 is 23.8 Å². The predicted octanol–water partition coefficient (Wildman–Crippen LogP) is 2.68. The summed E-state index contributed by atoms with van der Waals surface area (Å²) in [4.78, 5) is 14.3. The van der Waals surface area contributed by atoms with Crippen molar-refractivity contribution in [2.24, 2.45) is 0 Å². The normalized spacial score (nSPS) is 12.4. The monoisotopic (exact) mass is 357 g/mol.